The van der Waals surface area contributed by atoms with Crippen molar-refractivity contribution in [2.75, 3.05) is 5.73 Å². The van der Waals surface area contributed by atoms with Gasteiger partial charge in [-0.2, -0.15) is 4.98 Å². The maximum absolute atomic E-state index is 14.7. The lowest BCUT2D eigenvalue weighted by Gasteiger charge is -2.23. The molecule has 2 rings (SSSR count). The third-order valence-electron chi connectivity index (χ3n) is 3.08. The van der Waals surface area contributed by atoms with Gasteiger partial charge in [-0.15, -0.1) is 6.42 Å². The van der Waals surface area contributed by atoms with Crippen LogP contribution in [0.2, 0.25) is 0 Å². The Kier molecular flexibility index (Phi) is 3.47. The fourth-order valence-electron chi connectivity index (χ4n) is 2.03. The van der Waals surface area contributed by atoms with Gasteiger partial charge in [-0.1, -0.05) is 5.92 Å². The monoisotopic (exact) mass is 284 g/mol. The van der Waals surface area contributed by atoms with Crippen molar-refractivity contribution in [2.24, 2.45) is 0 Å². The van der Waals surface area contributed by atoms with E-state index in [1.54, 1.807) is 5.92 Å². The molecular weight excluding hydrogens is 271 g/mol. The highest BCUT2D eigenvalue weighted by molar-refractivity contribution is 5.20. The Morgan fingerprint density at radius 1 is 1.75 bits per heavy atom. The molecule has 5 atom stereocenters. The molecule has 4 N–H and O–H groups in total. The molecule has 1 saturated heterocycles. The van der Waals surface area contributed by atoms with E-state index in [-0.39, 0.29) is 5.95 Å². The van der Waals surface area contributed by atoms with Crippen LogP contribution in [-0.2, 0) is 4.74 Å². The van der Waals surface area contributed by atoms with Crippen molar-refractivity contribution in [3.8, 4) is 12.3 Å². The second-order valence-electron chi connectivity index (χ2n) is 4.46. The molecule has 1 aliphatic heterocycles. The number of terminal acetylenes is 1. The summed E-state index contributed by atoms with van der Waals surface area (Å²) >= 11 is 0. The van der Waals surface area contributed by atoms with Gasteiger partial charge in [0.1, 0.15) is 18.5 Å². The molecule has 0 spiro atoms. The highest BCUT2D eigenvalue weighted by atomic mass is 19.1. The van der Waals surface area contributed by atoms with E-state index in [0.717, 1.165) is 6.33 Å². The van der Waals surface area contributed by atoms with Crippen LogP contribution in [0.4, 0.5) is 10.3 Å². The van der Waals surface area contributed by atoms with Gasteiger partial charge >= 0.3 is 5.69 Å². The van der Waals surface area contributed by atoms with Gasteiger partial charge in [0.05, 0.1) is 6.10 Å². The number of halogens is 1. The van der Waals surface area contributed by atoms with E-state index >= 15 is 0 Å². The topological polar surface area (TPSA) is 123 Å². The Bertz CT molecular complexity index is 613. The zero-order valence-corrected chi connectivity index (χ0v) is 10.5. The van der Waals surface area contributed by atoms with Crippen LogP contribution >= 0.6 is 0 Å². The lowest BCUT2D eigenvalue weighted by atomic mass is 9.95. The van der Waals surface area contributed by atoms with Crippen LogP contribution in [0.3, 0.4) is 0 Å². The molecule has 0 aliphatic carbocycles. The average Bonchev–Trinajstić information content (AvgIpc) is 2.64. The number of nitrogen functional groups attached to an aromatic ring is 1. The number of anilines is 1. The van der Waals surface area contributed by atoms with Crippen molar-refractivity contribution in [3.05, 3.63) is 16.8 Å². The van der Waals surface area contributed by atoms with Crippen molar-refractivity contribution in [1.82, 2.24) is 14.5 Å². The summed E-state index contributed by atoms with van der Waals surface area (Å²) < 4.78 is 20.6. The molecule has 9 heteroatoms. The summed E-state index contributed by atoms with van der Waals surface area (Å²) in [4.78, 5) is 18.6. The van der Waals surface area contributed by atoms with Crippen LogP contribution in [0.1, 0.15) is 13.2 Å². The van der Waals surface area contributed by atoms with Crippen LogP contribution in [0, 0.1) is 12.3 Å². The van der Waals surface area contributed by atoms with Gasteiger partial charge in [-0.25, -0.2) is 14.2 Å². The standard InChI is InChI=1S/C11H13FN4O4/c1-3-11(12)7(18)6(5(2)17)20-8(11)16-4-14-9(13)15-10(16)19/h1,4-8,17-18H,2H3,(H2,13,15,19)/t5-,6+,7?,8+,11+/m0/s1. The van der Waals surface area contributed by atoms with Crippen LogP contribution in [-0.4, -0.2) is 48.7 Å². The van der Waals surface area contributed by atoms with Crippen LogP contribution in [0.25, 0.3) is 0 Å². The number of aliphatic hydroxyl groups excluding tert-OH is 2. The summed E-state index contributed by atoms with van der Waals surface area (Å²) in [5.41, 5.74) is 1.59. The van der Waals surface area contributed by atoms with E-state index < -0.39 is 35.9 Å². The molecule has 20 heavy (non-hydrogen) atoms. The average molecular weight is 284 g/mol. The molecule has 0 bridgehead atoms. The summed E-state index contributed by atoms with van der Waals surface area (Å²) in [5.74, 6) is 1.48. The van der Waals surface area contributed by atoms with Crippen molar-refractivity contribution in [3.63, 3.8) is 0 Å². The minimum Gasteiger partial charge on any atom is -0.391 e. The van der Waals surface area contributed by atoms with Crippen LogP contribution in [0.15, 0.2) is 11.1 Å². The Balaban J connectivity index is 2.50. The lowest BCUT2D eigenvalue weighted by molar-refractivity contribution is -0.0806. The predicted octanol–water partition coefficient (Wildman–Crippen LogP) is -1.80. The maximum Gasteiger partial charge on any atom is 0.354 e. The molecule has 0 radical (unpaired) electrons. The summed E-state index contributed by atoms with van der Waals surface area (Å²) in [7, 11) is 0. The molecule has 1 unspecified atom stereocenters. The number of nitrogens with two attached hydrogens (primary N) is 1. The number of nitrogens with zero attached hydrogens (tertiary/aromatic N) is 3. The highest BCUT2D eigenvalue weighted by Crippen LogP contribution is 2.41. The van der Waals surface area contributed by atoms with Crippen molar-refractivity contribution in [1.29, 1.82) is 0 Å². The minimum absolute atomic E-state index is 0.290. The smallest absolute Gasteiger partial charge is 0.354 e. The second-order valence-corrected chi connectivity index (χ2v) is 4.46. The third kappa shape index (κ3) is 2.03. The number of hydrogen-bond acceptors (Lipinski definition) is 7. The van der Waals surface area contributed by atoms with E-state index in [1.165, 1.54) is 6.92 Å². The van der Waals surface area contributed by atoms with E-state index in [4.69, 9.17) is 16.9 Å². The van der Waals surface area contributed by atoms with E-state index in [1.807, 2.05) is 0 Å². The molecule has 2 heterocycles. The van der Waals surface area contributed by atoms with Gasteiger partial charge in [-0.3, -0.25) is 4.57 Å². The first-order chi connectivity index (χ1) is 9.31. The summed E-state index contributed by atoms with van der Waals surface area (Å²) in [5, 5.41) is 19.3. The van der Waals surface area contributed by atoms with Gasteiger partial charge in [0.2, 0.25) is 11.6 Å². The van der Waals surface area contributed by atoms with Gasteiger partial charge in [-0.05, 0) is 6.92 Å². The second kappa shape index (κ2) is 4.82. The predicted molar refractivity (Wildman–Crippen MR) is 65.0 cm³/mol. The van der Waals surface area contributed by atoms with Crippen LogP contribution < -0.4 is 11.4 Å². The third-order valence-corrected chi connectivity index (χ3v) is 3.08. The fourth-order valence-corrected chi connectivity index (χ4v) is 2.03. The lowest BCUT2D eigenvalue weighted by Crippen LogP contribution is -2.45. The molecule has 0 aromatic carbocycles. The number of aliphatic hydroxyl groups is 2. The summed E-state index contributed by atoms with van der Waals surface area (Å²) in [6.45, 7) is 1.30. The van der Waals surface area contributed by atoms with Crippen molar-refractivity contribution >= 4 is 5.95 Å². The number of ether oxygens (including phenoxy) is 1. The first-order valence-electron chi connectivity index (χ1n) is 5.70. The number of hydrogen-bond donors (Lipinski definition) is 3. The number of alkyl halides is 1. The van der Waals surface area contributed by atoms with Crippen LogP contribution in [0.5, 0.6) is 0 Å². The van der Waals surface area contributed by atoms with Crippen molar-refractivity contribution in [2.45, 2.75) is 37.1 Å². The summed E-state index contributed by atoms with van der Waals surface area (Å²) in [6, 6.07) is 0. The molecule has 0 amide bonds. The van der Waals surface area contributed by atoms with E-state index in [0.29, 0.717) is 4.57 Å². The number of rotatable bonds is 2. The molecule has 1 aliphatic rings. The quantitative estimate of drug-likeness (QED) is 0.547. The fraction of sp³-hybridized carbons (Fsp3) is 0.545. The highest BCUT2D eigenvalue weighted by Gasteiger charge is 2.59. The Hall–Kier alpha value is -2.02. The van der Waals surface area contributed by atoms with Gasteiger partial charge in [0.25, 0.3) is 0 Å². The summed E-state index contributed by atoms with van der Waals surface area (Å²) in [6.07, 6.45) is 0.0775. The number of aromatic nitrogens is 3. The largest absolute Gasteiger partial charge is 0.391 e. The zero-order chi connectivity index (χ0) is 15.1. The molecule has 0 saturated carbocycles. The SMILES string of the molecule is C#C[C@@]1(F)C(O)[C@@H]([C@H](C)O)O[C@H]1n1cnc(N)nc1=O. The molecule has 108 valence electrons. The molecule has 1 aromatic rings. The van der Waals surface area contributed by atoms with Gasteiger partial charge < -0.3 is 20.7 Å². The maximum atomic E-state index is 14.7. The first kappa shape index (κ1) is 14.4. The Morgan fingerprint density at radius 3 is 2.90 bits per heavy atom. The van der Waals surface area contributed by atoms with E-state index in [2.05, 4.69) is 9.97 Å². The first-order valence-corrected chi connectivity index (χ1v) is 5.70. The molecule has 1 fully saturated rings. The Morgan fingerprint density at radius 2 is 2.40 bits per heavy atom. The normalized spacial score (nSPS) is 34.6. The molecular formula is C11H13FN4O4. The van der Waals surface area contributed by atoms with E-state index in [9.17, 15) is 19.4 Å². The Labute approximate surface area is 113 Å². The molecule has 1 aromatic heterocycles. The zero-order valence-electron chi connectivity index (χ0n) is 10.5. The molecule has 8 nitrogen and oxygen atoms in total. The van der Waals surface area contributed by atoms with Gasteiger partial charge in [0.15, 0.2) is 6.23 Å². The van der Waals surface area contributed by atoms with Gasteiger partial charge in [0, 0.05) is 0 Å². The minimum atomic E-state index is -2.70. The van der Waals surface area contributed by atoms with Crippen molar-refractivity contribution < 1.29 is 19.3 Å².